The number of rotatable bonds is 3. The zero-order valence-electron chi connectivity index (χ0n) is 6.71. The quantitative estimate of drug-likeness (QED) is 0.333. The third-order valence-electron chi connectivity index (χ3n) is 0.590. The van der Waals surface area contributed by atoms with Crippen LogP contribution in [-0.2, 0) is 4.79 Å². The van der Waals surface area contributed by atoms with Gasteiger partial charge in [0, 0.05) is 6.54 Å². The molecule has 0 aliphatic carbocycles. The SMILES string of the molecule is C=CC=O.C=CCN(C)C. The van der Waals surface area contributed by atoms with Crippen molar-refractivity contribution in [2.45, 2.75) is 0 Å². The van der Waals surface area contributed by atoms with Crippen LogP contribution in [0.25, 0.3) is 0 Å². The van der Waals surface area contributed by atoms with Gasteiger partial charge in [0.15, 0.2) is 0 Å². The third-order valence-corrected chi connectivity index (χ3v) is 0.590. The molecule has 0 aliphatic heterocycles. The summed E-state index contributed by atoms with van der Waals surface area (Å²) in [4.78, 5) is 11.1. The van der Waals surface area contributed by atoms with Gasteiger partial charge in [-0.3, -0.25) is 4.79 Å². The molecule has 0 bridgehead atoms. The molecule has 0 spiro atoms. The Hall–Kier alpha value is -0.890. The largest absolute Gasteiger partial charge is 0.306 e. The molecule has 0 saturated carbocycles. The maximum atomic E-state index is 9.06. The first kappa shape index (κ1) is 11.9. The van der Waals surface area contributed by atoms with Crippen molar-refractivity contribution in [1.29, 1.82) is 0 Å². The number of allylic oxidation sites excluding steroid dienone is 1. The summed E-state index contributed by atoms with van der Waals surface area (Å²) in [5.41, 5.74) is 0. The van der Waals surface area contributed by atoms with Gasteiger partial charge in [-0.1, -0.05) is 12.7 Å². The van der Waals surface area contributed by atoms with Crippen LogP contribution in [0.15, 0.2) is 25.3 Å². The monoisotopic (exact) mass is 141 g/mol. The van der Waals surface area contributed by atoms with Crippen LogP contribution in [0, 0.1) is 0 Å². The van der Waals surface area contributed by atoms with Crippen LogP contribution >= 0.6 is 0 Å². The Kier molecular flexibility index (Phi) is 13.0. The molecular formula is C8H15NO. The van der Waals surface area contributed by atoms with E-state index in [4.69, 9.17) is 4.79 Å². The highest BCUT2D eigenvalue weighted by molar-refractivity contribution is 5.63. The molecule has 10 heavy (non-hydrogen) atoms. The van der Waals surface area contributed by atoms with Gasteiger partial charge in [-0.2, -0.15) is 0 Å². The van der Waals surface area contributed by atoms with E-state index in [9.17, 15) is 0 Å². The Labute approximate surface area is 62.8 Å². The van der Waals surface area contributed by atoms with E-state index in [1.54, 1.807) is 0 Å². The van der Waals surface area contributed by atoms with E-state index < -0.39 is 0 Å². The van der Waals surface area contributed by atoms with E-state index in [0.717, 1.165) is 6.54 Å². The van der Waals surface area contributed by atoms with Crippen LogP contribution in [0.2, 0.25) is 0 Å². The minimum atomic E-state index is 0.639. The molecule has 0 aromatic carbocycles. The molecule has 58 valence electrons. The van der Waals surface area contributed by atoms with Crippen molar-refractivity contribution in [3.8, 4) is 0 Å². The van der Waals surface area contributed by atoms with E-state index in [1.807, 2.05) is 20.2 Å². The Morgan fingerprint density at radius 3 is 1.80 bits per heavy atom. The van der Waals surface area contributed by atoms with Crippen molar-refractivity contribution in [2.75, 3.05) is 20.6 Å². The Bertz CT molecular complexity index is 91.4. The fourth-order valence-electron chi connectivity index (χ4n) is 0.258. The van der Waals surface area contributed by atoms with Gasteiger partial charge in [0.05, 0.1) is 0 Å². The highest BCUT2D eigenvalue weighted by Crippen LogP contribution is 1.69. The van der Waals surface area contributed by atoms with Gasteiger partial charge in [0.2, 0.25) is 0 Å². The topological polar surface area (TPSA) is 20.3 Å². The second kappa shape index (κ2) is 11.0. The fourth-order valence-corrected chi connectivity index (χ4v) is 0.258. The second-order valence-electron chi connectivity index (χ2n) is 1.92. The molecule has 0 aliphatic rings. The lowest BCUT2D eigenvalue weighted by molar-refractivity contribution is -0.104. The van der Waals surface area contributed by atoms with Crippen molar-refractivity contribution < 1.29 is 4.79 Å². The predicted molar refractivity (Wildman–Crippen MR) is 45.0 cm³/mol. The zero-order chi connectivity index (χ0) is 8.41. The van der Waals surface area contributed by atoms with Crippen LogP contribution in [0.1, 0.15) is 0 Å². The van der Waals surface area contributed by atoms with Crippen LogP contribution in [0.3, 0.4) is 0 Å². The summed E-state index contributed by atoms with van der Waals surface area (Å²) >= 11 is 0. The minimum Gasteiger partial charge on any atom is -0.306 e. The molecule has 0 saturated heterocycles. The minimum absolute atomic E-state index is 0.639. The first-order valence-corrected chi connectivity index (χ1v) is 3.00. The van der Waals surface area contributed by atoms with E-state index in [-0.39, 0.29) is 0 Å². The Morgan fingerprint density at radius 1 is 1.40 bits per heavy atom. The van der Waals surface area contributed by atoms with E-state index >= 15 is 0 Å². The molecule has 0 rings (SSSR count). The number of carbonyl (C=O) groups excluding carboxylic acids is 1. The fraction of sp³-hybridized carbons (Fsp3) is 0.375. The smallest absolute Gasteiger partial charge is 0.142 e. The first-order valence-electron chi connectivity index (χ1n) is 3.00. The molecule has 0 fully saturated rings. The molecule has 0 N–H and O–H groups in total. The van der Waals surface area contributed by atoms with E-state index in [2.05, 4.69) is 18.1 Å². The summed E-state index contributed by atoms with van der Waals surface area (Å²) in [6.45, 7) is 7.64. The lowest BCUT2D eigenvalue weighted by Gasteiger charge is -2.01. The van der Waals surface area contributed by atoms with E-state index in [0.29, 0.717) is 6.29 Å². The highest BCUT2D eigenvalue weighted by atomic mass is 16.1. The summed E-state index contributed by atoms with van der Waals surface area (Å²) in [6.07, 6.45) is 3.71. The lowest BCUT2D eigenvalue weighted by atomic mass is 10.6. The predicted octanol–water partition coefficient (Wildman–Crippen LogP) is 1.11. The highest BCUT2D eigenvalue weighted by Gasteiger charge is 1.75. The zero-order valence-corrected chi connectivity index (χ0v) is 6.71. The van der Waals surface area contributed by atoms with Crippen LogP contribution < -0.4 is 0 Å². The molecule has 0 aromatic rings. The average molecular weight is 141 g/mol. The maximum Gasteiger partial charge on any atom is 0.142 e. The van der Waals surface area contributed by atoms with Crippen LogP contribution in [-0.4, -0.2) is 31.8 Å². The summed E-state index contributed by atoms with van der Waals surface area (Å²) in [5.74, 6) is 0. The number of hydrogen-bond donors (Lipinski definition) is 0. The molecule has 0 unspecified atom stereocenters. The number of aldehydes is 1. The van der Waals surface area contributed by atoms with E-state index in [1.165, 1.54) is 6.08 Å². The van der Waals surface area contributed by atoms with Crippen molar-refractivity contribution >= 4 is 6.29 Å². The molecule has 0 amide bonds. The van der Waals surface area contributed by atoms with Crippen molar-refractivity contribution in [3.05, 3.63) is 25.3 Å². The molecule has 0 aromatic heterocycles. The summed E-state index contributed by atoms with van der Waals surface area (Å²) in [5, 5.41) is 0. The summed E-state index contributed by atoms with van der Waals surface area (Å²) in [7, 11) is 4.03. The van der Waals surface area contributed by atoms with Crippen molar-refractivity contribution in [1.82, 2.24) is 4.90 Å². The van der Waals surface area contributed by atoms with Crippen LogP contribution in [0.5, 0.6) is 0 Å². The number of carbonyl (C=O) groups is 1. The van der Waals surface area contributed by atoms with Gasteiger partial charge < -0.3 is 4.90 Å². The second-order valence-corrected chi connectivity index (χ2v) is 1.92. The van der Waals surface area contributed by atoms with Crippen molar-refractivity contribution in [3.63, 3.8) is 0 Å². The average Bonchev–Trinajstić information content (AvgIpc) is 1.89. The Balaban J connectivity index is 0. The van der Waals surface area contributed by atoms with Crippen LogP contribution in [0.4, 0.5) is 0 Å². The number of likely N-dealkylation sites (N-methyl/N-ethyl adjacent to an activating group) is 1. The molecule has 0 heterocycles. The molecule has 2 nitrogen and oxygen atoms in total. The van der Waals surface area contributed by atoms with Crippen molar-refractivity contribution in [2.24, 2.45) is 0 Å². The molecule has 0 radical (unpaired) electrons. The molecule has 0 atom stereocenters. The van der Waals surface area contributed by atoms with Gasteiger partial charge >= 0.3 is 0 Å². The molecule has 2 heteroatoms. The summed E-state index contributed by atoms with van der Waals surface area (Å²) in [6, 6.07) is 0. The Morgan fingerprint density at radius 2 is 1.80 bits per heavy atom. The third kappa shape index (κ3) is 27.4. The lowest BCUT2D eigenvalue weighted by Crippen LogP contribution is -2.09. The normalized spacial score (nSPS) is 7.50. The first-order chi connectivity index (χ1) is 4.68. The molecular weight excluding hydrogens is 126 g/mol. The van der Waals surface area contributed by atoms with Gasteiger partial charge in [-0.25, -0.2) is 0 Å². The van der Waals surface area contributed by atoms with Gasteiger partial charge in [-0.05, 0) is 20.2 Å². The van der Waals surface area contributed by atoms with Gasteiger partial charge in [-0.15, -0.1) is 6.58 Å². The number of hydrogen-bond acceptors (Lipinski definition) is 2. The van der Waals surface area contributed by atoms with Gasteiger partial charge in [0.25, 0.3) is 0 Å². The van der Waals surface area contributed by atoms with Gasteiger partial charge in [0.1, 0.15) is 6.29 Å². The number of nitrogens with zero attached hydrogens (tertiary/aromatic N) is 1. The summed E-state index contributed by atoms with van der Waals surface area (Å²) < 4.78 is 0. The maximum absolute atomic E-state index is 9.06. The standard InChI is InChI=1S/C5H11N.C3H4O/c1-4-5-6(2)3;1-2-3-4/h4H,1,5H2,2-3H3;2-3H,1H2.